The molecule has 3 heterocycles. The van der Waals surface area contributed by atoms with E-state index in [9.17, 15) is 9.18 Å². The van der Waals surface area contributed by atoms with Crippen molar-refractivity contribution < 1.29 is 13.7 Å². The number of hydrogen-bond donors (Lipinski definition) is 1. The summed E-state index contributed by atoms with van der Waals surface area (Å²) in [6.07, 6.45) is 1.79. The van der Waals surface area contributed by atoms with E-state index in [0.717, 1.165) is 32.5 Å². The van der Waals surface area contributed by atoms with Gasteiger partial charge < -0.3 is 14.7 Å². The highest BCUT2D eigenvalue weighted by molar-refractivity contribution is 5.94. The number of halogens is 2. The van der Waals surface area contributed by atoms with Gasteiger partial charge in [-0.2, -0.15) is 4.98 Å². The lowest BCUT2D eigenvalue weighted by atomic mass is 9.97. The molecule has 0 aliphatic carbocycles. The highest BCUT2D eigenvalue weighted by atomic mass is 35.5. The van der Waals surface area contributed by atoms with Crippen molar-refractivity contribution in [3.05, 3.63) is 47.4 Å². The number of rotatable bonds is 3. The van der Waals surface area contributed by atoms with Crippen molar-refractivity contribution in [1.29, 1.82) is 0 Å². The number of amides is 1. The van der Waals surface area contributed by atoms with Gasteiger partial charge >= 0.3 is 0 Å². The molecule has 1 amide bonds. The Balaban J connectivity index is 0.00000225. The van der Waals surface area contributed by atoms with Crippen LogP contribution in [0.3, 0.4) is 0 Å². The zero-order valence-electron chi connectivity index (χ0n) is 15.8. The molecule has 7 nitrogen and oxygen atoms in total. The van der Waals surface area contributed by atoms with E-state index in [4.69, 9.17) is 4.52 Å². The van der Waals surface area contributed by atoms with Gasteiger partial charge in [-0.25, -0.2) is 4.39 Å². The van der Waals surface area contributed by atoms with Crippen LogP contribution in [0.25, 0.3) is 0 Å². The molecule has 0 saturated carbocycles. The Bertz CT molecular complexity index is 800. The van der Waals surface area contributed by atoms with Gasteiger partial charge in [0, 0.05) is 38.3 Å². The van der Waals surface area contributed by atoms with Gasteiger partial charge in [0.25, 0.3) is 5.91 Å². The molecule has 2 aromatic rings. The quantitative estimate of drug-likeness (QED) is 0.837. The third-order valence-electron chi connectivity index (χ3n) is 5.42. The van der Waals surface area contributed by atoms with Crippen molar-refractivity contribution in [2.45, 2.75) is 24.8 Å². The van der Waals surface area contributed by atoms with Crippen LogP contribution in [0, 0.1) is 5.82 Å². The van der Waals surface area contributed by atoms with Crippen LogP contribution in [0.5, 0.6) is 0 Å². The van der Waals surface area contributed by atoms with E-state index in [0.29, 0.717) is 30.4 Å². The van der Waals surface area contributed by atoms with Crippen LogP contribution in [-0.4, -0.2) is 65.6 Å². The molecule has 152 valence electrons. The standard InChI is InChI=1S/C19H24FN5O2.ClH/c1-24-10-8-21-11-16(24)17-22-18(27-23-17)14-3-2-9-25(12-14)19(26)13-4-6-15(20)7-5-13;/h4-7,14,16,21H,2-3,8-12H2,1H3;1H. The van der Waals surface area contributed by atoms with Crippen molar-refractivity contribution in [2.24, 2.45) is 0 Å². The lowest BCUT2D eigenvalue weighted by Crippen LogP contribution is -2.44. The van der Waals surface area contributed by atoms with Gasteiger partial charge in [-0.1, -0.05) is 5.16 Å². The first-order valence-corrected chi connectivity index (χ1v) is 9.41. The van der Waals surface area contributed by atoms with E-state index in [-0.39, 0.29) is 36.1 Å². The summed E-state index contributed by atoms with van der Waals surface area (Å²) in [6, 6.07) is 5.79. The van der Waals surface area contributed by atoms with Gasteiger partial charge in [-0.05, 0) is 44.2 Å². The van der Waals surface area contributed by atoms with Crippen LogP contribution in [0.15, 0.2) is 28.8 Å². The van der Waals surface area contributed by atoms with Gasteiger partial charge in [0.05, 0.1) is 12.0 Å². The number of nitrogens with zero attached hydrogens (tertiary/aromatic N) is 4. The van der Waals surface area contributed by atoms with Gasteiger partial charge in [0.2, 0.25) is 5.89 Å². The van der Waals surface area contributed by atoms with E-state index < -0.39 is 0 Å². The summed E-state index contributed by atoms with van der Waals surface area (Å²) in [5, 5.41) is 7.54. The van der Waals surface area contributed by atoms with Crippen LogP contribution in [0.4, 0.5) is 4.39 Å². The fourth-order valence-corrected chi connectivity index (χ4v) is 3.78. The molecular weight excluding hydrogens is 385 g/mol. The number of nitrogens with one attached hydrogen (secondary N) is 1. The number of piperazine rings is 1. The zero-order chi connectivity index (χ0) is 18.8. The number of hydrogen-bond acceptors (Lipinski definition) is 6. The first-order valence-electron chi connectivity index (χ1n) is 9.41. The summed E-state index contributed by atoms with van der Waals surface area (Å²) in [7, 11) is 2.06. The summed E-state index contributed by atoms with van der Waals surface area (Å²) >= 11 is 0. The first-order chi connectivity index (χ1) is 13.1. The van der Waals surface area contributed by atoms with Gasteiger partial charge in [-0.3, -0.25) is 9.69 Å². The molecule has 28 heavy (non-hydrogen) atoms. The Kier molecular flexibility index (Phi) is 6.64. The number of piperidine rings is 1. The predicted octanol–water partition coefficient (Wildman–Crippen LogP) is 2.23. The minimum atomic E-state index is -0.344. The largest absolute Gasteiger partial charge is 0.339 e. The van der Waals surface area contributed by atoms with Crippen LogP contribution in [0.2, 0.25) is 0 Å². The van der Waals surface area contributed by atoms with Crippen molar-refractivity contribution in [3.8, 4) is 0 Å². The van der Waals surface area contributed by atoms with Crippen LogP contribution in [-0.2, 0) is 0 Å². The van der Waals surface area contributed by atoms with Crippen molar-refractivity contribution in [1.82, 2.24) is 25.3 Å². The van der Waals surface area contributed by atoms with Crippen LogP contribution in [0.1, 0.15) is 46.9 Å². The maximum atomic E-state index is 13.1. The molecule has 1 aromatic heterocycles. The summed E-state index contributed by atoms with van der Waals surface area (Å²) < 4.78 is 18.7. The molecule has 1 N–H and O–H groups in total. The van der Waals surface area contributed by atoms with Crippen molar-refractivity contribution in [2.75, 3.05) is 39.8 Å². The molecule has 2 saturated heterocycles. The summed E-state index contributed by atoms with van der Waals surface area (Å²) in [6.45, 7) is 3.92. The highest BCUT2D eigenvalue weighted by Crippen LogP contribution is 2.28. The number of likely N-dealkylation sites (tertiary alicyclic amines) is 1. The minimum Gasteiger partial charge on any atom is -0.339 e. The molecular formula is C19H25ClFN5O2. The van der Waals surface area contributed by atoms with Crippen molar-refractivity contribution >= 4 is 18.3 Å². The summed E-state index contributed by atoms with van der Waals surface area (Å²) in [4.78, 5) is 21.4. The molecule has 2 aliphatic rings. The molecule has 9 heteroatoms. The van der Waals surface area contributed by atoms with Crippen LogP contribution >= 0.6 is 12.4 Å². The lowest BCUT2D eigenvalue weighted by Gasteiger charge is -2.31. The Hall–Kier alpha value is -2.03. The lowest BCUT2D eigenvalue weighted by molar-refractivity contribution is 0.0695. The second kappa shape index (κ2) is 8.98. The Morgan fingerprint density at radius 3 is 2.82 bits per heavy atom. The molecule has 0 radical (unpaired) electrons. The third kappa shape index (κ3) is 4.34. The van der Waals surface area contributed by atoms with E-state index >= 15 is 0 Å². The molecule has 0 spiro atoms. The molecule has 2 atom stereocenters. The fraction of sp³-hybridized carbons (Fsp3) is 0.526. The fourth-order valence-electron chi connectivity index (χ4n) is 3.78. The second-order valence-electron chi connectivity index (χ2n) is 7.29. The molecule has 0 bridgehead atoms. The third-order valence-corrected chi connectivity index (χ3v) is 5.42. The second-order valence-corrected chi connectivity index (χ2v) is 7.29. The molecule has 1 aromatic carbocycles. The molecule has 2 aliphatic heterocycles. The number of carbonyl (C=O) groups excluding carboxylic acids is 1. The highest BCUT2D eigenvalue weighted by Gasteiger charge is 2.31. The maximum Gasteiger partial charge on any atom is 0.253 e. The first kappa shape index (κ1) is 20.7. The molecule has 4 rings (SSSR count). The van der Waals surface area contributed by atoms with Gasteiger partial charge in [0.15, 0.2) is 5.82 Å². The SMILES string of the molecule is CN1CCNCC1c1noc(C2CCCN(C(=O)c3ccc(F)cc3)C2)n1.Cl. The smallest absolute Gasteiger partial charge is 0.253 e. The van der Waals surface area contributed by atoms with Crippen LogP contribution < -0.4 is 5.32 Å². The number of carbonyl (C=O) groups is 1. The molecule has 2 unspecified atom stereocenters. The number of likely N-dealkylation sites (N-methyl/N-ethyl adjacent to an activating group) is 1. The minimum absolute atomic E-state index is 0. The normalized spacial score (nSPS) is 23.3. The van der Waals surface area contributed by atoms with E-state index in [1.54, 1.807) is 4.90 Å². The van der Waals surface area contributed by atoms with Crippen molar-refractivity contribution in [3.63, 3.8) is 0 Å². The monoisotopic (exact) mass is 409 g/mol. The Morgan fingerprint density at radius 2 is 2.07 bits per heavy atom. The summed E-state index contributed by atoms with van der Waals surface area (Å²) in [5.74, 6) is 0.896. The molecule has 2 fully saturated rings. The van der Waals surface area contributed by atoms with E-state index in [2.05, 4.69) is 27.4 Å². The number of aromatic nitrogens is 2. The van der Waals surface area contributed by atoms with Gasteiger partial charge in [-0.15, -0.1) is 12.4 Å². The number of benzene rings is 1. The Labute approximate surface area is 169 Å². The topological polar surface area (TPSA) is 74.5 Å². The summed E-state index contributed by atoms with van der Waals surface area (Å²) in [5.41, 5.74) is 0.498. The Morgan fingerprint density at radius 1 is 1.29 bits per heavy atom. The zero-order valence-corrected chi connectivity index (χ0v) is 16.6. The average Bonchev–Trinajstić information content (AvgIpc) is 3.18. The predicted molar refractivity (Wildman–Crippen MR) is 104 cm³/mol. The van der Waals surface area contributed by atoms with Gasteiger partial charge in [0.1, 0.15) is 5.82 Å². The maximum absolute atomic E-state index is 13.1. The van der Waals surface area contributed by atoms with E-state index in [1.165, 1.54) is 24.3 Å². The average molecular weight is 410 g/mol. The van der Waals surface area contributed by atoms with E-state index in [1.807, 2.05) is 0 Å².